The Hall–Kier alpha value is -0.0800. The standard InChI is InChI=1S/C12H22N2/c1-12(3-2-4-12)9-14-7-10-5-13-6-11(10)8-14/h10-11,13H,2-9H2,1H3. The van der Waals surface area contributed by atoms with Gasteiger partial charge in [-0.2, -0.15) is 0 Å². The van der Waals surface area contributed by atoms with Gasteiger partial charge in [-0.3, -0.25) is 0 Å². The third-order valence-electron chi connectivity index (χ3n) is 4.63. The Bertz CT molecular complexity index is 210. The second-order valence-electron chi connectivity index (χ2n) is 6.04. The molecule has 0 aromatic rings. The van der Waals surface area contributed by atoms with Crippen LogP contribution in [0.15, 0.2) is 0 Å². The molecule has 2 nitrogen and oxygen atoms in total. The fourth-order valence-corrected chi connectivity index (χ4v) is 3.56. The van der Waals surface area contributed by atoms with Crippen molar-refractivity contribution in [3.63, 3.8) is 0 Å². The lowest BCUT2D eigenvalue weighted by Gasteiger charge is -2.41. The second-order valence-corrected chi connectivity index (χ2v) is 6.04. The van der Waals surface area contributed by atoms with Crippen molar-refractivity contribution in [2.75, 3.05) is 32.7 Å². The van der Waals surface area contributed by atoms with Crippen LogP contribution in [0.4, 0.5) is 0 Å². The van der Waals surface area contributed by atoms with E-state index in [4.69, 9.17) is 0 Å². The average molecular weight is 194 g/mol. The third kappa shape index (κ3) is 1.49. The fourth-order valence-electron chi connectivity index (χ4n) is 3.56. The zero-order valence-electron chi connectivity index (χ0n) is 9.26. The van der Waals surface area contributed by atoms with E-state index in [1.54, 1.807) is 0 Å². The molecule has 3 aliphatic rings. The van der Waals surface area contributed by atoms with Crippen molar-refractivity contribution < 1.29 is 0 Å². The lowest BCUT2D eigenvalue weighted by Crippen LogP contribution is -2.40. The summed E-state index contributed by atoms with van der Waals surface area (Å²) in [7, 11) is 0. The first-order valence-corrected chi connectivity index (χ1v) is 6.18. The van der Waals surface area contributed by atoms with Gasteiger partial charge in [0, 0.05) is 19.6 Å². The Morgan fingerprint density at radius 3 is 2.36 bits per heavy atom. The molecule has 1 saturated carbocycles. The van der Waals surface area contributed by atoms with E-state index >= 15 is 0 Å². The summed E-state index contributed by atoms with van der Waals surface area (Å²) >= 11 is 0. The quantitative estimate of drug-likeness (QED) is 0.713. The summed E-state index contributed by atoms with van der Waals surface area (Å²) < 4.78 is 0. The second kappa shape index (κ2) is 3.21. The van der Waals surface area contributed by atoms with Crippen molar-refractivity contribution >= 4 is 0 Å². The highest BCUT2D eigenvalue weighted by molar-refractivity contribution is 4.94. The van der Waals surface area contributed by atoms with Crippen molar-refractivity contribution in [1.82, 2.24) is 10.2 Å². The molecular formula is C12H22N2. The first kappa shape index (κ1) is 9.17. The lowest BCUT2D eigenvalue weighted by atomic mass is 9.70. The SMILES string of the molecule is CC1(CN2CC3CNCC3C2)CCC1. The summed E-state index contributed by atoms with van der Waals surface area (Å²) in [5.41, 5.74) is 0.687. The summed E-state index contributed by atoms with van der Waals surface area (Å²) in [6.45, 7) is 9.14. The number of nitrogens with zero attached hydrogens (tertiary/aromatic N) is 1. The fraction of sp³-hybridized carbons (Fsp3) is 1.00. The topological polar surface area (TPSA) is 15.3 Å². The van der Waals surface area contributed by atoms with Gasteiger partial charge in [0.05, 0.1) is 0 Å². The molecule has 2 unspecified atom stereocenters. The smallest absolute Gasteiger partial charge is 0.00356 e. The van der Waals surface area contributed by atoms with Crippen LogP contribution in [0.1, 0.15) is 26.2 Å². The van der Waals surface area contributed by atoms with E-state index in [-0.39, 0.29) is 0 Å². The normalized spacial score (nSPS) is 40.9. The molecular weight excluding hydrogens is 172 g/mol. The number of hydrogen-bond donors (Lipinski definition) is 1. The van der Waals surface area contributed by atoms with Crippen LogP contribution in [-0.2, 0) is 0 Å². The third-order valence-corrected chi connectivity index (χ3v) is 4.63. The van der Waals surface area contributed by atoms with Crippen LogP contribution >= 0.6 is 0 Å². The average Bonchev–Trinajstić information content (AvgIpc) is 2.60. The van der Waals surface area contributed by atoms with E-state index in [1.807, 2.05) is 0 Å². The van der Waals surface area contributed by atoms with Gasteiger partial charge in [-0.25, -0.2) is 0 Å². The molecule has 2 heterocycles. The summed E-state index contributed by atoms with van der Waals surface area (Å²) in [6, 6.07) is 0. The van der Waals surface area contributed by atoms with Crippen LogP contribution in [0, 0.1) is 17.3 Å². The van der Waals surface area contributed by atoms with Crippen LogP contribution in [0.3, 0.4) is 0 Å². The summed E-state index contributed by atoms with van der Waals surface area (Å²) in [5.74, 6) is 1.94. The molecule has 2 aliphatic heterocycles. The lowest BCUT2D eigenvalue weighted by molar-refractivity contribution is 0.0945. The molecule has 0 aromatic heterocycles. The minimum absolute atomic E-state index is 0.687. The van der Waals surface area contributed by atoms with Gasteiger partial charge < -0.3 is 10.2 Å². The van der Waals surface area contributed by atoms with Gasteiger partial charge in [0.2, 0.25) is 0 Å². The molecule has 2 heteroatoms. The number of likely N-dealkylation sites (tertiary alicyclic amines) is 1. The van der Waals surface area contributed by atoms with Crippen LogP contribution in [0.2, 0.25) is 0 Å². The largest absolute Gasteiger partial charge is 0.316 e. The van der Waals surface area contributed by atoms with Crippen molar-refractivity contribution in [3.8, 4) is 0 Å². The van der Waals surface area contributed by atoms with Crippen molar-refractivity contribution in [2.45, 2.75) is 26.2 Å². The highest BCUT2D eigenvalue weighted by Crippen LogP contribution is 2.42. The molecule has 0 spiro atoms. The number of hydrogen-bond acceptors (Lipinski definition) is 2. The first-order chi connectivity index (χ1) is 6.75. The van der Waals surface area contributed by atoms with Crippen LogP contribution in [0.5, 0.6) is 0 Å². The predicted octanol–water partition coefficient (Wildman–Crippen LogP) is 1.33. The number of nitrogens with one attached hydrogen (secondary N) is 1. The van der Waals surface area contributed by atoms with E-state index in [0.717, 1.165) is 11.8 Å². The molecule has 0 amide bonds. The van der Waals surface area contributed by atoms with Crippen molar-refractivity contribution in [1.29, 1.82) is 0 Å². The van der Waals surface area contributed by atoms with E-state index in [2.05, 4.69) is 17.1 Å². The molecule has 3 rings (SSSR count). The van der Waals surface area contributed by atoms with E-state index < -0.39 is 0 Å². The molecule has 3 fully saturated rings. The maximum absolute atomic E-state index is 3.51. The van der Waals surface area contributed by atoms with Crippen molar-refractivity contribution in [2.24, 2.45) is 17.3 Å². The van der Waals surface area contributed by atoms with Gasteiger partial charge in [0.25, 0.3) is 0 Å². The van der Waals surface area contributed by atoms with Crippen LogP contribution in [0.25, 0.3) is 0 Å². The van der Waals surface area contributed by atoms with Gasteiger partial charge in [-0.05, 0) is 43.2 Å². The highest BCUT2D eigenvalue weighted by atomic mass is 15.2. The molecule has 2 atom stereocenters. The molecule has 2 saturated heterocycles. The maximum Gasteiger partial charge on any atom is 0.00356 e. The van der Waals surface area contributed by atoms with Crippen LogP contribution < -0.4 is 5.32 Å². The monoisotopic (exact) mass is 194 g/mol. The minimum Gasteiger partial charge on any atom is -0.316 e. The Kier molecular flexibility index (Phi) is 2.10. The summed E-state index contributed by atoms with van der Waals surface area (Å²) in [6.07, 6.45) is 4.41. The van der Waals surface area contributed by atoms with E-state index in [0.29, 0.717) is 5.41 Å². The molecule has 0 radical (unpaired) electrons. The van der Waals surface area contributed by atoms with Gasteiger partial charge in [0.1, 0.15) is 0 Å². The van der Waals surface area contributed by atoms with E-state index in [9.17, 15) is 0 Å². The first-order valence-electron chi connectivity index (χ1n) is 6.18. The van der Waals surface area contributed by atoms with Gasteiger partial charge in [-0.15, -0.1) is 0 Å². The zero-order valence-corrected chi connectivity index (χ0v) is 9.26. The van der Waals surface area contributed by atoms with Gasteiger partial charge >= 0.3 is 0 Å². The summed E-state index contributed by atoms with van der Waals surface area (Å²) in [4.78, 5) is 2.73. The minimum atomic E-state index is 0.687. The van der Waals surface area contributed by atoms with Gasteiger partial charge in [0.15, 0.2) is 0 Å². The Balaban J connectivity index is 1.55. The molecule has 0 bridgehead atoms. The Morgan fingerprint density at radius 2 is 1.86 bits per heavy atom. The number of rotatable bonds is 2. The number of fused-ring (bicyclic) bond motifs is 1. The highest BCUT2D eigenvalue weighted by Gasteiger charge is 2.40. The van der Waals surface area contributed by atoms with Gasteiger partial charge in [-0.1, -0.05) is 13.3 Å². The molecule has 1 aliphatic carbocycles. The van der Waals surface area contributed by atoms with E-state index in [1.165, 1.54) is 52.0 Å². The zero-order chi connectivity index (χ0) is 9.60. The maximum atomic E-state index is 3.51. The van der Waals surface area contributed by atoms with Crippen LogP contribution in [-0.4, -0.2) is 37.6 Å². The molecule has 14 heavy (non-hydrogen) atoms. The molecule has 0 aromatic carbocycles. The summed E-state index contributed by atoms with van der Waals surface area (Å²) in [5, 5.41) is 3.51. The Morgan fingerprint density at radius 1 is 1.21 bits per heavy atom. The Labute approximate surface area is 87.0 Å². The molecule has 80 valence electrons. The van der Waals surface area contributed by atoms with Crippen molar-refractivity contribution in [3.05, 3.63) is 0 Å². The predicted molar refractivity (Wildman–Crippen MR) is 58.2 cm³/mol. The molecule has 1 N–H and O–H groups in total.